The van der Waals surface area contributed by atoms with Gasteiger partial charge in [0.05, 0.1) is 5.39 Å². The van der Waals surface area contributed by atoms with Gasteiger partial charge in [0, 0.05) is 11.8 Å². The molecule has 0 atom stereocenters. The third kappa shape index (κ3) is 4.81. The molecular weight excluding hydrogens is 406 g/mol. The molecule has 0 spiro atoms. The summed E-state index contributed by atoms with van der Waals surface area (Å²) in [5.74, 6) is 0.879. The summed E-state index contributed by atoms with van der Waals surface area (Å²) in [6, 6.07) is 19.9. The van der Waals surface area contributed by atoms with Crippen LogP contribution in [0, 0.1) is 6.92 Å². The average molecular weight is 429 g/mol. The molecule has 0 aliphatic carbocycles. The van der Waals surface area contributed by atoms with Crippen LogP contribution in [0.4, 0.5) is 5.69 Å². The molecule has 0 saturated heterocycles. The number of carbonyl (C=O) groups is 1. The Hall–Kier alpha value is -4.06. The molecule has 0 aliphatic rings. The van der Waals surface area contributed by atoms with Gasteiger partial charge in [0.2, 0.25) is 11.2 Å². The quantitative estimate of drug-likeness (QED) is 0.421. The van der Waals surface area contributed by atoms with Crippen molar-refractivity contribution in [2.24, 2.45) is 0 Å². The van der Waals surface area contributed by atoms with Crippen LogP contribution in [0.25, 0.3) is 11.0 Å². The molecule has 1 N–H and O–H groups in total. The monoisotopic (exact) mass is 429 g/mol. The van der Waals surface area contributed by atoms with Gasteiger partial charge in [-0.25, -0.2) is 0 Å². The number of hydrogen-bond acceptors (Lipinski definition) is 5. The van der Waals surface area contributed by atoms with Crippen molar-refractivity contribution in [1.82, 2.24) is 0 Å². The van der Waals surface area contributed by atoms with Gasteiger partial charge in [0.15, 0.2) is 6.61 Å². The van der Waals surface area contributed by atoms with Crippen LogP contribution >= 0.6 is 0 Å². The number of amides is 1. The fraction of sp³-hybridized carbons (Fsp3) is 0.154. The number of carbonyl (C=O) groups excluding carboxylic acids is 1. The molecule has 4 rings (SSSR count). The Morgan fingerprint density at radius 2 is 1.78 bits per heavy atom. The van der Waals surface area contributed by atoms with Gasteiger partial charge in [-0.15, -0.1) is 0 Å². The van der Waals surface area contributed by atoms with Crippen molar-refractivity contribution in [2.45, 2.75) is 20.3 Å². The van der Waals surface area contributed by atoms with Gasteiger partial charge in [-0.3, -0.25) is 9.59 Å². The van der Waals surface area contributed by atoms with Crippen LogP contribution in [0.1, 0.15) is 18.1 Å². The van der Waals surface area contributed by atoms with E-state index in [1.54, 1.807) is 18.2 Å². The minimum atomic E-state index is -0.284. The number of anilines is 1. The van der Waals surface area contributed by atoms with Crippen molar-refractivity contribution < 1.29 is 18.7 Å². The van der Waals surface area contributed by atoms with E-state index < -0.39 is 0 Å². The van der Waals surface area contributed by atoms with E-state index in [0.29, 0.717) is 28.2 Å². The molecule has 4 aromatic rings. The Morgan fingerprint density at radius 1 is 1.00 bits per heavy atom. The van der Waals surface area contributed by atoms with E-state index in [1.165, 1.54) is 6.26 Å². The highest BCUT2D eigenvalue weighted by molar-refractivity contribution is 5.92. The average Bonchev–Trinajstić information content (AvgIpc) is 2.81. The van der Waals surface area contributed by atoms with Crippen molar-refractivity contribution in [3.63, 3.8) is 0 Å². The molecule has 6 nitrogen and oxygen atoms in total. The Kier molecular flexibility index (Phi) is 6.22. The molecule has 162 valence electrons. The van der Waals surface area contributed by atoms with Crippen molar-refractivity contribution in [2.75, 3.05) is 11.9 Å². The van der Waals surface area contributed by atoms with Crippen LogP contribution in [0.3, 0.4) is 0 Å². The molecule has 0 fully saturated rings. The fourth-order valence-corrected chi connectivity index (χ4v) is 3.25. The van der Waals surface area contributed by atoms with Gasteiger partial charge in [-0.1, -0.05) is 42.8 Å². The zero-order valence-electron chi connectivity index (χ0n) is 17.9. The largest absolute Gasteiger partial charge is 0.484 e. The lowest BCUT2D eigenvalue weighted by Crippen LogP contribution is -2.20. The Labute approximate surface area is 185 Å². The zero-order valence-corrected chi connectivity index (χ0v) is 17.9. The second-order valence-corrected chi connectivity index (χ2v) is 7.35. The first-order valence-electron chi connectivity index (χ1n) is 10.3. The lowest BCUT2D eigenvalue weighted by atomic mass is 10.1. The molecule has 32 heavy (non-hydrogen) atoms. The first-order valence-corrected chi connectivity index (χ1v) is 10.3. The summed E-state index contributed by atoms with van der Waals surface area (Å²) in [4.78, 5) is 25.0. The number of aryl methyl sites for hydroxylation is 2. The van der Waals surface area contributed by atoms with Crippen molar-refractivity contribution >= 4 is 22.6 Å². The molecule has 3 aromatic carbocycles. The second kappa shape index (κ2) is 9.39. The minimum absolute atomic E-state index is 0.115. The van der Waals surface area contributed by atoms with E-state index in [-0.39, 0.29) is 23.7 Å². The van der Waals surface area contributed by atoms with E-state index in [1.807, 2.05) is 62.4 Å². The number of para-hydroxylation sites is 1. The number of fused-ring (bicyclic) bond motifs is 1. The summed E-state index contributed by atoms with van der Waals surface area (Å²) in [6.07, 6.45) is 2.08. The van der Waals surface area contributed by atoms with Crippen LogP contribution in [-0.4, -0.2) is 12.5 Å². The summed E-state index contributed by atoms with van der Waals surface area (Å²) in [5, 5.41) is 3.14. The molecule has 1 heterocycles. The standard InChI is InChI=1S/C26H23NO5/c1-3-18-6-4-5-7-22(18)32-24-15-31-23-14-20(12-13-21(23)26(24)29)30-16-25(28)27-19-10-8-17(2)9-11-19/h4-15H,3,16H2,1-2H3,(H,27,28). The minimum Gasteiger partial charge on any atom is -0.484 e. The SMILES string of the molecule is CCc1ccccc1Oc1coc2cc(OCC(=O)Nc3ccc(C)cc3)ccc2c1=O. The predicted octanol–water partition coefficient (Wildman–Crippen LogP) is 5.47. The van der Waals surface area contributed by atoms with Gasteiger partial charge in [0.1, 0.15) is 23.3 Å². The van der Waals surface area contributed by atoms with Crippen LogP contribution in [0.5, 0.6) is 17.2 Å². The number of nitrogens with one attached hydrogen (secondary N) is 1. The molecule has 0 aliphatic heterocycles. The molecule has 1 aromatic heterocycles. The third-order valence-corrected chi connectivity index (χ3v) is 4.99. The van der Waals surface area contributed by atoms with Crippen molar-refractivity contribution in [3.05, 3.63) is 94.3 Å². The maximum atomic E-state index is 12.8. The third-order valence-electron chi connectivity index (χ3n) is 4.99. The van der Waals surface area contributed by atoms with E-state index in [9.17, 15) is 9.59 Å². The maximum absolute atomic E-state index is 12.8. The molecule has 0 radical (unpaired) electrons. The van der Waals surface area contributed by atoms with Gasteiger partial charge >= 0.3 is 0 Å². The number of hydrogen-bond donors (Lipinski definition) is 1. The van der Waals surface area contributed by atoms with Crippen LogP contribution in [0.2, 0.25) is 0 Å². The topological polar surface area (TPSA) is 77.8 Å². The van der Waals surface area contributed by atoms with Crippen LogP contribution in [0.15, 0.2) is 82.2 Å². The van der Waals surface area contributed by atoms with Crippen molar-refractivity contribution in [3.8, 4) is 17.2 Å². The zero-order chi connectivity index (χ0) is 22.5. The highest BCUT2D eigenvalue weighted by Gasteiger charge is 2.12. The highest BCUT2D eigenvalue weighted by atomic mass is 16.5. The van der Waals surface area contributed by atoms with Gasteiger partial charge in [0.25, 0.3) is 5.91 Å². The smallest absolute Gasteiger partial charge is 0.262 e. The predicted molar refractivity (Wildman–Crippen MR) is 124 cm³/mol. The first-order chi connectivity index (χ1) is 15.5. The number of rotatable bonds is 7. The lowest BCUT2D eigenvalue weighted by Gasteiger charge is -2.10. The van der Waals surface area contributed by atoms with Crippen LogP contribution < -0.4 is 20.2 Å². The van der Waals surface area contributed by atoms with Gasteiger partial charge in [-0.2, -0.15) is 0 Å². The molecule has 6 heteroatoms. The Bertz CT molecular complexity index is 1310. The lowest BCUT2D eigenvalue weighted by molar-refractivity contribution is -0.118. The summed E-state index contributed by atoms with van der Waals surface area (Å²) in [6.45, 7) is 3.83. The van der Waals surface area contributed by atoms with E-state index in [2.05, 4.69) is 5.32 Å². The summed E-state index contributed by atoms with van der Waals surface area (Å²) >= 11 is 0. The molecular formula is C26H23NO5. The van der Waals surface area contributed by atoms with Gasteiger partial charge in [-0.05, 0) is 49.2 Å². The maximum Gasteiger partial charge on any atom is 0.262 e. The number of ether oxygens (including phenoxy) is 2. The first kappa shape index (κ1) is 21.2. The fourth-order valence-electron chi connectivity index (χ4n) is 3.25. The molecule has 0 saturated carbocycles. The second-order valence-electron chi connectivity index (χ2n) is 7.35. The van der Waals surface area contributed by atoms with E-state index >= 15 is 0 Å². The summed E-state index contributed by atoms with van der Waals surface area (Å²) < 4.78 is 17.0. The summed E-state index contributed by atoms with van der Waals surface area (Å²) in [5.41, 5.74) is 2.88. The van der Waals surface area contributed by atoms with E-state index in [4.69, 9.17) is 13.9 Å². The Balaban J connectivity index is 1.46. The molecule has 0 bridgehead atoms. The molecule has 0 unspecified atom stereocenters. The van der Waals surface area contributed by atoms with Crippen LogP contribution in [-0.2, 0) is 11.2 Å². The summed E-state index contributed by atoms with van der Waals surface area (Å²) in [7, 11) is 0. The highest BCUT2D eigenvalue weighted by Crippen LogP contribution is 2.26. The number of benzene rings is 3. The Morgan fingerprint density at radius 3 is 2.56 bits per heavy atom. The van der Waals surface area contributed by atoms with Gasteiger partial charge < -0.3 is 19.2 Å². The van der Waals surface area contributed by atoms with E-state index in [0.717, 1.165) is 17.5 Å². The molecule has 1 amide bonds. The van der Waals surface area contributed by atoms with Crippen molar-refractivity contribution in [1.29, 1.82) is 0 Å². The normalized spacial score (nSPS) is 10.7.